The highest BCUT2D eigenvalue weighted by Gasteiger charge is 2.08. The molecular formula is C18H17NO5. The number of benzene rings is 2. The number of nitro groups is 1. The summed E-state index contributed by atoms with van der Waals surface area (Å²) in [6.45, 7) is 2.21. The van der Waals surface area contributed by atoms with Gasteiger partial charge in [-0.05, 0) is 42.7 Å². The van der Waals surface area contributed by atoms with Crippen molar-refractivity contribution < 1.29 is 19.6 Å². The van der Waals surface area contributed by atoms with Crippen LogP contribution in [0, 0.1) is 10.1 Å². The number of rotatable bonds is 7. The third-order valence-electron chi connectivity index (χ3n) is 3.43. The number of allylic oxidation sites excluding steroid dienone is 1. The van der Waals surface area contributed by atoms with E-state index in [0.717, 1.165) is 11.1 Å². The van der Waals surface area contributed by atoms with E-state index < -0.39 is 10.9 Å². The lowest BCUT2D eigenvalue weighted by Crippen LogP contribution is -2.03. The lowest BCUT2D eigenvalue weighted by molar-refractivity contribution is -0.384. The number of carboxylic acids is 1. The van der Waals surface area contributed by atoms with Crippen molar-refractivity contribution in [2.45, 2.75) is 13.3 Å². The third-order valence-corrected chi connectivity index (χ3v) is 3.43. The van der Waals surface area contributed by atoms with Crippen molar-refractivity contribution in [2.75, 3.05) is 6.61 Å². The summed E-state index contributed by atoms with van der Waals surface area (Å²) in [4.78, 5) is 21.3. The van der Waals surface area contributed by atoms with E-state index in [-0.39, 0.29) is 11.3 Å². The first-order valence-corrected chi connectivity index (χ1v) is 7.31. The molecule has 0 unspecified atom stereocenters. The molecule has 0 bridgehead atoms. The molecule has 0 saturated heterocycles. The van der Waals surface area contributed by atoms with E-state index in [9.17, 15) is 14.9 Å². The van der Waals surface area contributed by atoms with E-state index in [1.54, 1.807) is 36.4 Å². The number of non-ortho nitro benzene ring substituents is 1. The number of hydrogen-bond donors (Lipinski definition) is 1. The summed E-state index contributed by atoms with van der Waals surface area (Å²) in [5.41, 5.74) is 1.98. The minimum Gasteiger partial charge on any atom is -0.489 e. The van der Waals surface area contributed by atoms with Gasteiger partial charge in [-0.2, -0.15) is 0 Å². The minimum atomic E-state index is -0.946. The zero-order chi connectivity index (χ0) is 17.5. The number of aromatic carboxylic acids is 1. The first kappa shape index (κ1) is 17.2. The second kappa shape index (κ2) is 7.92. The number of nitro benzene ring substituents is 1. The Morgan fingerprint density at radius 3 is 2.50 bits per heavy atom. The highest BCUT2D eigenvalue weighted by molar-refractivity contribution is 5.89. The maximum atomic E-state index is 11.2. The molecule has 0 spiro atoms. The fourth-order valence-electron chi connectivity index (χ4n) is 2.11. The first-order valence-electron chi connectivity index (χ1n) is 7.31. The molecule has 0 radical (unpaired) electrons. The van der Waals surface area contributed by atoms with Gasteiger partial charge in [0.05, 0.1) is 10.5 Å². The average Bonchev–Trinajstić information content (AvgIpc) is 2.58. The molecule has 6 heteroatoms. The van der Waals surface area contributed by atoms with Gasteiger partial charge >= 0.3 is 5.97 Å². The van der Waals surface area contributed by atoms with Gasteiger partial charge in [0.1, 0.15) is 12.4 Å². The maximum absolute atomic E-state index is 11.2. The summed E-state index contributed by atoms with van der Waals surface area (Å²) in [5, 5.41) is 19.7. The van der Waals surface area contributed by atoms with E-state index in [1.807, 2.05) is 13.0 Å². The Hall–Kier alpha value is -3.15. The van der Waals surface area contributed by atoms with E-state index in [0.29, 0.717) is 18.8 Å². The predicted octanol–water partition coefficient (Wildman–Crippen LogP) is 3.86. The van der Waals surface area contributed by atoms with Crippen LogP contribution in [-0.4, -0.2) is 22.6 Å². The lowest BCUT2D eigenvalue weighted by Gasteiger charge is -2.07. The van der Waals surface area contributed by atoms with E-state index in [1.165, 1.54) is 12.1 Å². The normalized spacial score (nSPS) is 11.1. The molecule has 1 N–H and O–H groups in total. The fourth-order valence-corrected chi connectivity index (χ4v) is 2.11. The van der Waals surface area contributed by atoms with Crippen molar-refractivity contribution in [3.05, 3.63) is 81.4 Å². The van der Waals surface area contributed by atoms with Gasteiger partial charge in [0.15, 0.2) is 0 Å². The van der Waals surface area contributed by atoms with Crippen molar-refractivity contribution in [2.24, 2.45) is 0 Å². The molecule has 0 fully saturated rings. The van der Waals surface area contributed by atoms with E-state index in [2.05, 4.69) is 0 Å². The smallest absolute Gasteiger partial charge is 0.335 e. The van der Waals surface area contributed by atoms with E-state index >= 15 is 0 Å². The minimum absolute atomic E-state index is 0.0138. The first-order chi connectivity index (χ1) is 11.5. The molecule has 0 saturated carbocycles. The molecule has 0 aliphatic heterocycles. The number of nitrogens with zero attached hydrogens (tertiary/aromatic N) is 1. The van der Waals surface area contributed by atoms with Gasteiger partial charge in [-0.3, -0.25) is 10.1 Å². The van der Waals surface area contributed by atoms with Crippen LogP contribution in [-0.2, 0) is 6.42 Å². The predicted molar refractivity (Wildman–Crippen MR) is 89.5 cm³/mol. The van der Waals surface area contributed by atoms with Crippen molar-refractivity contribution in [3.8, 4) is 5.75 Å². The van der Waals surface area contributed by atoms with Crippen LogP contribution in [0.25, 0.3) is 0 Å². The Balaban J connectivity index is 1.95. The number of ether oxygens (including phenoxy) is 1. The van der Waals surface area contributed by atoms with Crippen molar-refractivity contribution in [3.63, 3.8) is 0 Å². The van der Waals surface area contributed by atoms with Crippen LogP contribution in [0.4, 0.5) is 5.69 Å². The van der Waals surface area contributed by atoms with Gasteiger partial charge in [0.25, 0.3) is 5.69 Å². The molecule has 6 nitrogen and oxygen atoms in total. The molecule has 2 rings (SSSR count). The second-order valence-electron chi connectivity index (χ2n) is 5.26. The average molecular weight is 327 g/mol. The fraction of sp³-hybridized carbons (Fsp3) is 0.167. The Labute approximate surface area is 139 Å². The number of carboxylic acid groups (broad SMARTS) is 1. The Bertz CT molecular complexity index is 765. The summed E-state index contributed by atoms with van der Waals surface area (Å²) in [7, 11) is 0. The quantitative estimate of drug-likeness (QED) is 0.474. The van der Waals surface area contributed by atoms with Crippen LogP contribution < -0.4 is 4.74 Å². The van der Waals surface area contributed by atoms with Gasteiger partial charge < -0.3 is 9.84 Å². The molecule has 0 heterocycles. The molecule has 0 aliphatic rings. The van der Waals surface area contributed by atoms with Gasteiger partial charge in [-0.1, -0.05) is 24.3 Å². The van der Waals surface area contributed by atoms with Crippen LogP contribution in [0.5, 0.6) is 5.75 Å². The zero-order valence-electron chi connectivity index (χ0n) is 13.1. The Morgan fingerprint density at radius 2 is 1.88 bits per heavy atom. The topological polar surface area (TPSA) is 89.7 Å². The molecule has 124 valence electrons. The maximum Gasteiger partial charge on any atom is 0.335 e. The van der Waals surface area contributed by atoms with Crippen LogP contribution in [0.3, 0.4) is 0 Å². The zero-order valence-corrected chi connectivity index (χ0v) is 13.1. The van der Waals surface area contributed by atoms with Crippen LogP contribution in [0.1, 0.15) is 22.8 Å². The SMILES string of the molecule is C/C(=C\Cc1ccccc1C(=O)O)COc1ccc([N+](=O)[O-])cc1. The Kier molecular flexibility index (Phi) is 5.68. The standard InChI is InChI=1S/C18H17NO5/c1-13(6-7-14-4-2-3-5-17(14)18(20)21)12-24-16-10-8-15(9-11-16)19(22)23/h2-6,8-11H,7,12H2,1H3,(H,20,21)/b13-6+. The molecular weight excluding hydrogens is 310 g/mol. The summed E-state index contributed by atoms with van der Waals surface area (Å²) in [5.74, 6) is -0.405. The second-order valence-corrected chi connectivity index (χ2v) is 5.26. The molecule has 2 aromatic rings. The van der Waals surface area contributed by atoms with Crippen molar-refractivity contribution in [1.29, 1.82) is 0 Å². The molecule has 24 heavy (non-hydrogen) atoms. The number of hydrogen-bond acceptors (Lipinski definition) is 4. The molecule has 0 aromatic heterocycles. The number of carbonyl (C=O) groups is 1. The summed E-state index contributed by atoms with van der Waals surface area (Å²) < 4.78 is 5.56. The lowest BCUT2D eigenvalue weighted by atomic mass is 10.0. The van der Waals surface area contributed by atoms with Gasteiger partial charge in [-0.25, -0.2) is 4.79 Å². The molecule has 0 atom stereocenters. The van der Waals surface area contributed by atoms with Gasteiger partial charge in [-0.15, -0.1) is 0 Å². The van der Waals surface area contributed by atoms with Gasteiger partial charge in [0.2, 0.25) is 0 Å². The Morgan fingerprint density at radius 1 is 1.21 bits per heavy atom. The van der Waals surface area contributed by atoms with Crippen molar-refractivity contribution >= 4 is 11.7 Å². The summed E-state index contributed by atoms with van der Waals surface area (Å²) in [6, 6.07) is 12.7. The highest BCUT2D eigenvalue weighted by Crippen LogP contribution is 2.18. The summed E-state index contributed by atoms with van der Waals surface area (Å²) in [6.07, 6.45) is 2.41. The molecule has 0 amide bonds. The highest BCUT2D eigenvalue weighted by atomic mass is 16.6. The molecule has 0 aliphatic carbocycles. The third kappa shape index (κ3) is 4.67. The van der Waals surface area contributed by atoms with Crippen molar-refractivity contribution in [1.82, 2.24) is 0 Å². The van der Waals surface area contributed by atoms with Crippen LogP contribution >= 0.6 is 0 Å². The summed E-state index contributed by atoms with van der Waals surface area (Å²) >= 11 is 0. The molecule has 2 aromatic carbocycles. The van der Waals surface area contributed by atoms with Crippen LogP contribution in [0.2, 0.25) is 0 Å². The largest absolute Gasteiger partial charge is 0.489 e. The van der Waals surface area contributed by atoms with E-state index in [4.69, 9.17) is 9.84 Å². The van der Waals surface area contributed by atoms with Crippen LogP contribution in [0.15, 0.2) is 60.2 Å². The van der Waals surface area contributed by atoms with Gasteiger partial charge in [0, 0.05) is 12.1 Å². The monoisotopic (exact) mass is 327 g/mol.